The summed E-state index contributed by atoms with van der Waals surface area (Å²) in [6.07, 6.45) is 0.753. The number of thiophene rings is 1. The molecule has 0 amide bonds. The lowest BCUT2D eigenvalue weighted by Crippen LogP contribution is -2.35. The lowest BCUT2D eigenvalue weighted by Gasteiger charge is -2.20. The summed E-state index contributed by atoms with van der Waals surface area (Å²) in [6.45, 7) is 2.84. The minimum atomic E-state index is 0.183. The first-order valence-corrected chi connectivity index (χ1v) is 6.60. The van der Waals surface area contributed by atoms with E-state index < -0.39 is 0 Å². The summed E-state index contributed by atoms with van der Waals surface area (Å²) in [5.74, 6) is 0. The van der Waals surface area contributed by atoms with Gasteiger partial charge in [-0.3, -0.25) is 0 Å². The van der Waals surface area contributed by atoms with Gasteiger partial charge >= 0.3 is 0 Å². The molecule has 0 aliphatic rings. The van der Waals surface area contributed by atoms with Crippen molar-refractivity contribution in [1.82, 2.24) is 5.32 Å². The maximum atomic E-state index is 8.82. The number of halogens is 1. The van der Waals surface area contributed by atoms with Gasteiger partial charge in [0.15, 0.2) is 0 Å². The first kappa shape index (κ1) is 13.1. The van der Waals surface area contributed by atoms with Crippen molar-refractivity contribution in [2.24, 2.45) is 5.73 Å². The Labute approximate surface area is 103 Å². The molecule has 2 atom stereocenters. The fourth-order valence-electron chi connectivity index (χ4n) is 1.40. The number of hydrogen-bond donors (Lipinski definition) is 3. The van der Waals surface area contributed by atoms with Crippen LogP contribution in [0.15, 0.2) is 15.9 Å². The third-order valence-electron chi connectivity index (χ3n) is 2.22. The maximum absolute atomic E-state index is 8.82. The van der Waals surface area contributed by atoms with E-state index in [1.807, 2.05) is 6.07 Å². The highest BCUT2D eigenvalue weighted by molar-refractivity contribution is 9.11. The van der Waals surface area contributed by atoms with E-state index in [1.165, 1.54) is 4.88 Å². The number of aliphatic hydroxyl groups excluding tert-OH is 1. The molecule has 0 aliphatic heterocycles. The molecule has 3 nitrogen and oxygen atoms in total. The average molecular weight is 293 g/mol. The van der Waals surface area contributed by atoms with Crippen LogP contribution in [0.2, 0.25) is 0 Å². The van der Waals surface area contributed by atoms with Crippen LogP contribution in [0.1, 0.15) is 24.3 Å². The Morgan fingerprint density at radius 2 is 2.33 bits per heavy atom. The highest BCUT2D eigenvalue weighted by Gasteiger charge is 2.14. The van der Waals surface area contributed by atoms with Gasteiger partial charge in [-0.25, -0.2) is 0 Å². The maximum Gasteiger partial charge on any atom is 0.0702 e. The van der Waals surface area contributed by atoms with E-state index in [4.69, 9.17) is 10.8 Å². The SMILES string of the molecule is CC(CCO)NC(CN)c1ccc(Br)s1. The molecule has 0 spiro atoms. The van der Waals surface area contributed by atoms with Crippen LogP contribution in [-0.4, -0.2) is 24.3 Å². The molecule has 1 heterocycles. The van der Waals surface area contributed by atoms with E-state index in [0.29, 0.717) is 6.54 Å². The Hall–Kier alpha value is 0.0600. The predicted molar refractivity (Wildman–Crippen MR) is 68.1 cm³/mol. The molecule has 2 unspecified atom stereocenters. The van der Waals surface area contributed by atoms with E-state index in [9.17, 15) is 0 Å². The van der Waals surface area contributed by atoms with Gasteiger partial charge in [0.2, 0.25) is 0 Å². The minimum Gasteiger partial charge on any atom is -0.396 e. The standard InChI is InChI=1S/C10H17BrN2OS/c1-7(4-5-14)13-8(6-12)9-2-3-10(11)15-9/h2-3,7-8,13-14H,4-6,12H2,1H3. The number of aliphatic hydroxyl groups is 1. The molecule has 4 N–H and O–H groups in total. The number of rotatable bonds is 6. The molecule has 0 saturated heterocycles. The number of hydrogen-bond acceptors (Lipinski definition) is 4. The van der Waals surface area contributed by atoms with Gasteiger partial charge in [-0.05, 0) is 41.4 Å². The average Bonchev–Trinajstić information content (AvgIpc) is 2.61. The van der Waals surface area contributed by atoms with E-state index in [2.05, 4.69) is 34.2 Å². The van der Waals surface area contributed by atoms with Crippen LogP contribution in [0.3, 0.4) is 0 Å². The Morgan fingerprint density at radius 3 is 2.80 bits per heavy atom. The predicted octanol–water partition coefficient (Wildman–Crippen LogP) is 1.87. The summed E-state index contributed by atoms with van der Waals surface area (Å²) in [6, 6.07) is 4.57. The Kier molecular flexibility index (Phi) is 5.78. The number of nitrogens with one attached hydrogen (secondary N) is 1. The van der Waals surface area contributed by atoms with Gasteiger partial charge in [-0.2, -0.15) is 0 Å². The van der Waals surface area contributed by atoms with Gasteiger partial charge in [-0.15, -0.1) is 11.3 Å². The summed E-state index contributed by atoms with van der Waals surface area (Å²) < 4.78 is 1.12. The highest BCUT2D eigenvalue weighted by Crippen LogP contribution is 2.27. The van der Waals surface area contributed by atoms with Crippen molar-refractivity contribution in [2.75, 3.05) is 13.2 Å². The van der Waals surface area contributed by atoms with Gasteiger partial charge < -0.3 is 16.2 Å². The largest absolute Gasteiger partial charge is 0.396 e. The lowest BCUT2D eigenvalue weighted by molar-refractivity contribution is 0.264. The van der Waals surface area contributed by atoms with Crippen LogP contribution >= 0.6 is 27.3 Å². The monoisotopic (exact) mass is 292 g/mol. The third-order valence-corrected chi connectivity index (χ3v) is 3.96. The number of nitrogens with two attached hydrogens (primary N) is 1. The highest BCUT2D eigenvalue weighted by atomic mass is 79.9. The van der Waals surface area contributed by atoms with Crippen molar-refractivity contribution in [1.29, 1.82) is 0 Å². The molecule has 0 saturated carbocycles. The summed E-state index contributed by atoms with van der Waals surface area (Å²) in [5, 5.41) is 12.2. The second-order valence-electron chi connectivity index (χ2n) is 3.51. The van der Waals surface area contributed by atoms with Crippen molar-refractivity contribution < 1.29 is 5.11 Å². The molecule has 0 bridgehead atoms. The molecular formula is C10H17BrN2OS. The van der Waals surface area contributed by atoms with E-state index >= 15 is 0 Å². The van der Waals surface area contributed by atoms with Crippen molar-refractivity contribution in [3.05, 3.63) is 20.8 Å². The molecule has 1 rings (SSSR count). The molecule has 1 aromatic rings. The second-order valence-corrected chi connectivity index (χ2v) is 6.00. The summed E-state index contributed by atoms with van der Waals surface area (Å²) in [7, 11) is 0. The Balaban J connectivity index is 2.56. The molecular weight excluding hydrogens is 276 g/mol. The second kappa shape index (κ2) is 6.60. The lowest BCUT2D eigenvalue weighted by atomic mass is 10.2. The Bertz CT molecular complexity index is 293. The van der Waals surface area contributed by atoms with Crippen molar-refractivity contribution in [3.8, 4) is 0 Å². The molecule has 86 valence electrons. The fraction of sp³-hybridized carbons (Fsp3) is 0.600. The van der Waals surface area contributed by atoms with Crippen LogP contribution in [0, 0.1) is 0 Å². The normalized spacial score (nSPS) is 15.2. The van der Waals surface area contributed by atoms with Gasteiger partial charge in [0, 0.05) is 24.1 Å². The zero-order chi connectivity index (χ0) is 11.3. The van der Waals surface area contributed by atoms with Crippen LogP contribution in [-0.2, 0) is 0 Å². The molecule has 15 heavy (non-hydrogen) atoms. The fourth-order valence-corrected chi connectivity index (χ4v) is 2.90. The van der Waals surface area contributed by atoms with E-state index in [0.717, 1.165) is 10.2 Å². The zero-order valence-corrected chi connectivity index (χ0v) is 11.1. The van der Waals surface area contributed by atoms with Crippen LogP contribution in [0.4, 0.5) is 0 Å². The molecule has 0 radical (unpaired) electrons. The summed E-state index contributed by atoms with van der Waals surface area (Å²) >= 11 is 5.13. The van der Waals surface area contributed by atoms with Crippen LogP contribution < -0.4 is 11.1 Å². The topological polar surface area (TPSA) is 58.3 Å². The van der Waals surface area contributed by atoms with E-state index in [1.54, 1.807) is 11.3 Å². The van der Waals surface area contributed by atoms with Crippen LogP contribution in [0.5, 0.6) is 0 Å². The quantitative estimate of drug-likeness (QED) is 0.750. The van der Waals surface area contributed by atoms with E-state index in [-0.39, 0.29) is 18.7 Å². The summed E-state index contributed by atoms with van der Waals surface area (Å²) in [4.78, 5) is 1.23. The molecule has 0 fully saturated rings. The van der Waals surface area contributed by atoms with Crippen LogP contribution in [0.25, 0.3) is 0 Å². The first-order chi connectivity index (χ1) is 7.17. The van der Waals surface area contributed by atoms with Gasteiger partial charge in [0.05, 0.1) is 9.83 Å². The van der Waals surface area contributed by atoms with Crippen molar-refractivity contribution in [3.63, 3.8) is 0 Å². The molecule has 0 aliphatic carbocycles. The molecule has 5 heteroatoms. The first-order valence-electron chi connectivity index (χ1n) is 4.99. The van der Waals surface area contributed by atoms with Gasteiger partial charge in [-0.1, -0.05) is 0 Å². The Morgan fingerprint density at radius 1 is 1.60 bits per heavy atom. The van der Waals surface area contributed by atoms with Crippen molar-refractivity contribution >= 4 is 27.3 Å². The third kappa shape index (κ3) is 4.20. The van der Waals surface area contributed by atoms with Gasteiger partial charge in [0.1, 0.15) is 0 Å². The van der Waals surface area contributed by atoms with Gasteiger partial charge in [0.25, 0.3) is 0 Å². The smallest absolute Gasteiger partial charge is 0.0702 e. The molecule has 1 aromatic heterocycles. The zero-order valence-electron chi connectivity index (χ0n) is 8.74. The summed E-state index contributed by atoms with van der Waals surface area (Å²) in [5.41, 5.74) is 5.72. The molecule has 0 aromatic carbocycles. The minimum absolute atomic E-state index is 0.183. The van der Waals surface area contributed by atoms with Crippen molar-refractivity contribution in [2.45, 2.75) is 25.4 Å².